The molecule has 0 fully saturated rings. The molecule has 0 aromatic heterocycles. The molecule has 8 nitrogen and oxygen atoms in total. The number of hydrogen-bond donors (Lipinski definition) is 2. The first-order valence-corrected chi connectivity index (χ1v) is 8.32. The Kier molecular flexibility index (Phi) is 8.47. The number of amides is 1. The molecule has 144 valence electrons. The zero-order valence-electron chi connectivity index (χ0n) is 14.3. The Balaban J connectivity index is 2.68. The standard InChI is InChI=1S/C16H19Cl2NO7/c1-8(2)15(24-9(3)20)26-16(23)19-7-13(14(21)22)25-12-6-10(17)4-5-11(12)18/h4-6,8,13,15H,7H2,1-3H3,(H,19,23)(H,21,22)/t13-,15+/m0/s1. The van der Waals surface area contributed by atoms with E-state index < -0.39 is 37.0 Å². The topological polar surface area (TPSA) is 111 Å². The lowest BCUT2D eigenvalue weighted by molar-refractivity contribution is -0.172. The van der Waals surface area contributed by atoms with Gasteiger partial charge in [-0.15, -0.1) is 0 Å². The van der Waals surface area contributed by atoms with Gasteiger partial charge < -0.3 is 24.6 Å². The lowest BCUT2D eigenvalue weighted by Gasteiger charge is -2.21. The van der Waals surface area contributed by atoms with Gasteiger partial charge >= 0.3 is 18.0 Å². The van der Waals surface area contributed by atoms with E-state index in [2.05, 4.69) is 5.32 Å². The predicted octanol–water partition coefficient (Wildman–Crippen LogP) is 3.10. The second kappa shape index (κ2) is 10.1. The summed E-state index contributed by atoms with van der Waals surface area (Å²) in [6.07, 6.45) is -3.50. The molecule has 0 bridgehead atoms. The molecule has 1 aromatic rings. The van der Waals surface area contributed by atoms with E-state index in [0.29, 0.717) is 5.02 Å². The minimum atomic E-state index is -1.44. The Hall–Kier alpha value is -2.19. The predicted molar refractivity (Wildman–Crippen MR) is 93.4 cm³/mol. The summed E-state index contributed by atoms with van der Waals surface area (Å²) in [6, 6.07) is 4.32. The third-order valence-electron chi connectivity index (χ3n) is 2.92. The molecule has 0 spiro atoms. The minimum Gasteiger partial charge on any atom is -0.478 e. The van der Waals surface area contributed by atoms with Crippen molar-refractivity contribution in [3.05, 3.63) is 28.2 Å². The van der Waals surface area contributed by atoms with Gasteiger partial charge in [0, 0.05) is 23.9 Å². The van der Waals surface area contributed by atoms with E-state index in [4.69, 9.17) is 37.4 Å². The molecule has 1 aromatic carbocycles. The van der Waals surface area contributed by atoms with Crippen molar-refractivity contribution in [2.45, 2.75) is 33.2 Å². The number of carbonyl (C=O) groups is 3. The lowest BCUT2D eigenvalue weighted by Crippen LogP contribution is -2.42. The summed E-state index contributed by atoms with van der Waals surface area (Å²) >= 11 is 11.7. The van der Waals surface area contributed by atoms with E-state index in [1.807, 2.05) is 0 Å². The van der Waals surface area contributed by atoms with E-state index in [0.717, 1.165) is 0 Å². The van der Waals surface area contributed by atoms with E-state index >= 15 is 0 Å². The van der Waals surface area contributed by atoms with Gasteiger partial charge in [0.15, 0.2) is 0 Å². The number of alkyl carbamates (subject to hydrolysis) is 1. The summed E-state index contributed by atoms with van der Waals surface area (Å²) in [4.78, 5) is 34.1. The van der Waals surface area contributed by atoms with Crippen LogP contribution in [0.15, 0.2) is 18.2 Å². The average molecular weight is 408 g/mol. The number of benzene rings is 1. The second-order valence-corrected chi connectivity index (χ2v) is 6.37. The molecular weight excluding hydrogens is 389 g/mol. The van der Waals surface area contributed by atoms with Crippen LogP contribution in [0, 0.1) is 5.92 Å². The molecular formula is C16H19Cl2NO7. The van der Waals surface area contributed by atoms with Crippen LogP contribution in [0.4, 0.5) is 4.79 Å². The summed E-state index contributed by atoms with van der Waals surface area (Å²) in [5.74, 6) is -2.18. The number of hydrogen-bond acceptors (Lipinski definition) is 6. The Bertz CT molecular complexity index is 666. The van der Waals surface area contributed by atoms with Crippen LogP contribution in [0.5, 0.6) is 5.75 Å². The molecule has 0 saturated heterocycles. The molecule has 0 saturated carbocycles. The maximum Gasteiger partial charge on any atom is 0.410 e. The molecule has 1 amide bonds. The number of carbonyl (C=O) groups excluding carboxylic acids is 2. The number of carboxylic acids is 1. The normalized spacial score (nSPS) is 12.8. The molecule has 1 rings (SSSR count). The van der Waals surface area contributed by atoms with Crippen molar-refractivity contribution in [1.82, 2.24) is 5.32 Å². The molecule has 0 unspecified atom stereocenters. The molecule has 0 radical (unpaired) electrons. The molecule has 0 aliphatic carbocycles. The molecule has 10 heteroatoms. The summed E-state index contributed by atoms with van der Waals surface area (Å²) in [5.41, 5.74) is 0. The van der Waals surface area contributed by atoms with Crippen molar-refractivity contribution >= 4 is 41.2 Å². The highest BCUT2D eigenvalue weighted by atomic mass is 35.5. The van der Waals surface area contributed by atoms with Crippen LogP contribution in [-0.2, 0) is 19.1 Å². The van der Waals surface area contributed by atoms with Crippen molar-refractivity contribution in [3.63, 3.8) is 0 Å². The van der Waals surface area contributed by atoms with Crippen LogP contribution in [-0.4, -0.2) is 42.1 Å². The number of nitrogens with one attached hydrogen (secondary N) is 1. The van der Waals surface area contributed by atoms with Crippen LogP contribution in [0.2, 0.25) is 10.0 Å². The van der Waals surface area contributed by atoms with Gasteiger partial charge in [-0.3, -0.25) is 4.79 Å². The monoisotopic (exact) mass is 407 g/mol. The van der Waals surface area contributed by atoms with Crippen molar-refractivity contribution in [1.29, 1.82) is 0 Å². The number of aliphatic carboxylic acids is 1. The maximum absolute atomic E-state index is 11.8. The summed E-state index contributed by atoms with van der Waals surface area (Å²) in [5, 5.41) is 11.9. The summed E-state index contributed by atoms with van der Waals surface area (Å²) in [6.45, 7) is 4.14. The minimum absolute atomic E-state index is 0.0571. The zero-order valence-corrected chi connectivity index (χ0v) is 15.8. The van der Waals surface area contributed by atoms with Crippen LogP contribution in [0.3, 0.4) is 0 Å². The van der Waals surface area contributed by atoms with Crippen molar-refractivity contribution < 1.29 is 33.7 Å². The van der Waals surface area contributed by atoms with Crippen LogP contribution in [0.25, 0.3) is 0 Å². The van der Waals surface area contributed by atoms with Crippen LogP contribution >= 0.6 is 23.2 Å². The molecule has 0 aliphatic rings. The van der Waals surface area contributed by atoms with Gasteiger partial charge in [0.05, 0.1) is 11.6 Å². The zero-order chi connectivity index (χ0) is 19.9. The highest BCUT2D eigenvalue weighted by molar-refractivity contribution is 6.34. The molecule has 0 aliphatic heterocycles. The van der Waals surface area contributed by atoms with Crippen molar-refractivity contribution in [3.8, 4) is 5.75 Å². The van der Waals surface area contributed by atoms with Gasteiger partial charge in [-0.2, -0.15) is 0 Å². The first-order chi connectivity index (χ1) is 12.1. The summed E-state index contributed by atoms with van der Waals surface area (Å²) in [7, 11) is 0. The highest BCUT2D eigenvalue weighted by Gasteiger charge is 2.25. The SMILES string of the molecule is CC(=O)O[C@H](OC(=O)NC[C@H](Oc1cc(Cl)ccc1Cl)C(=O)O)C(C)C. The first-order valence-electron chi connectivity index (χ1n) is 7.56. The molecule has 2 atom stereocenters. The Morgan fingerprint density at radius 2 is 1.85 bits per heavy atom. The molecule has 2 N–H and O–H groups in total. The van der Waals surface area contributed by atoms with Crippen LogP contribution < -0.4 is 10.1 Å². The fourth-order valence-corrected chi connectivity index (χ4v) is 2.01. The Morgan fingerprint density at radius 3 is 2.38 bits per heavy atom. The Morgan fingerprint density at radius 1 is 1.19 bits per heavy atom. The number of ether oxygens (including phenoxy) is 3. The van der Waals surface area contributed by atoms with E-state index in [1.165, 1.54) is 25.1 Å². The van der Waals surface area contributed by atoms with Gasteiger partial charge in [0.25, 0.3) is 6.29 Å². The quantitative estimate of drug-likeness (QED) is 0.502. The first kappa shape index (κ1) is 21.9. The maximum atomic E-state index is 11.8. The third-order valence-corrected chi connectivity index (χ3v) is 3.47. The van der Waals surface area contributed by atoms with E-state index in [1.54, 1.807) is 13.8 Å². The lowest BCUT2D eigenvalue weighted by atomic mass is 10.2. The number of rotatable bonds is 8. The van der Waals surface area contributed by atoms with Crippen molar-refractivity contribution in [2.75, 3.05) is 6.54 Å². The largest absolute Gasteiger partial charge is 0.478 e. The van der Waals surface area contributed by atoms with Gasteiger partial charge in [-0.05, 0) is 12.1 Å². The van der Waals surface area contributed by atoms with Gasteiger partial charge in [-0.25, -0.2) is 9.59 Å². The Labute approximate surface area is 160 Å². The van der Waals surface area contributed by atoms with Crippen LogP contribution in [0.1, 0.15) is 20.8 Å². The van der Waals surface area contributed by atoms with Gasteiger partial charge in [0.1, 0.15) is 5.75 Å². The van der Waals surface area contributed by atoms with Gasteiger partial charge in [0.2, 0.25) is 6.10 Å². The smallest absolute Gasteiger partial charge is 0.410 e. The summed E-state index contributed by atoms with van der Waals surface area (Å²) < 4.78 is 15.1. The third kappa shape index (κ3) is 7.37. The van der Waals surface area contributed by atoms with Gasteiger partial charge in [-0.1, -0.05) is 37.0 Å². The van der Waals surface area contributed by atoms with Crippen molar-refractivity contribution in [2.24, 2.45) is 5.92 Å². The average Bonchev–Trinajstić information content (AvgIpc) is 2.53. The molecule has 26 heavy (non-hydrogen) atoms. The highest BCUT2D eigenvalue weighted by Crippen LogP contribution is 2.28. The molecule has 0 heterocycles. The fraction of sp³-hybridized carbons (Fsp3) is 0.438. The fourth-order valence-electron chi connectivity index (χ4n) is 1.68. The number of halogens is 2. The van der Waals surface area contributed by atoms with E-state index in [-0.39, 0.29) is 16.7 Å². The second-order valence-electron chi connectivity index (χ2n) is 5.53. The van der Waals surface area contributed by atoms with E-state index in [9.17, 15) is 19.5 Å². The number of esters is 1. The number of carboxylic acid groups (broad SMARTS) is 1.